The average molecular weight is 293 g/mol. The van der Waals surface area contributed by atoms with Gasteiger partial charge in [-0.1, -0.05) is 35.1 Å². The van der Waals surface area contributed by atoms with Gasteiger partial charge in [-0.25, -0.2) is 9.37 Å². The third kappa shape index (κ3) is 2.41. The molecule has 0 aliphatic heterocycles. The number of nitrogens with zero attached hydrogens (tertiary/aromatic N) is 1. The molecule has 1 aromatic heterocycles. The van der Waals surface area contributed by atoms with Crippen molar-refractivity contribution in [2.24, 2.45) is 0 Å². The number of rotatable bonds is 2. The molecule has 0 bridgehead atoms. The van der Waals surface area contributed by atoms with Gasteiger partial charge in [0.15, 0.2) is 10.9 Å². The number of fused-ring (bicyclic) bond motifs is 1. The summed E-state index contributed by atoms with van der Waals surface area (Å²) >= 11 is 7.23. The van der Waals surface area contributed by atoms with Crippen LogP contribution in [0.4, 0.5) is 15.2 Å². The number of halogens is 2. The molecule has 0 aliphatic rings. The lowest BCUT2D eigenvalue weighted by molar-refractivity contribution is 0.632. The molecule has 0 atom stereocenters. The van der Waals surface area contributed by atoms with Crippen LogP contribution in [0.15, 0.2) is 36.4 Å². The van der Waals surface area contributed by atoms with Crippen molar-refractivity contribution < 1.29 is 4.39 Å². The molecule has 0 saturated heterocycles. The van der Waals surface area contributed by atoms with Gasteiger partial charge in [-0.05, 0) is 36.8 Å². The predicted octanol–water partition coefficient (Wildman–Crippen LogP) is 5.14. The second kappa shape index (κ2) is 4.79. The van der Waals surface area contributed by atoms with Gasteiger partial charge < -0.3 is 5.32 Å². The monoisotopic (exact) mass is 292 g/mol. The van der Waals surface area contributed by atoms with Crippen molar-refractivity contribution in [3.8, 4) is 0 Å². The van der Waals surface area contributed by atoms with Gasteiger partial charge in [0.25, 0.3) is 0 Å². The fourth-order valence-corrected chi connectivity index (χ4v) is 2.84. The summed E-state index contributed by atoms with van der Waals surface area (Å²) < 4.78 is 14.9. The Hall–Kier alpha value is -1.65. The van der Waals surface area contributed by atoms with E-state index in [4.69, 9.17) is 11.6 Å². The largest absolute Gasteiger partial charge is 0.329 e. The van der Waals surface area contributed by atoms with Gasteiger partial charge in [0, 0.05) is 0 Å². The molecule has 3 rings (SSSR count). The Morgan fingerprint density at radius 2 is 2.11 bits per heavy atom. The maximum atomic E-state index is 13.8. The summed E-state index contributed by atoms with van der Waals surface area (Å²) in [5, 5.41) is 3.72. The number of aromatic nitrogens is 1. The summed E-state index contributed by atoms with van der Waals surface area (Å²) in [6, 6.07) is 10.9. The first-order valence-corrected chi connectivity index (χ1v) is 6.91. The Kier molecular flexibility index (Phi) is 3.12. The number of aryl methyl sites for hydroxylation is 1. The Balaban J connectivity index is 1.99. The fourth-order valence-electron chi connectivity index (χ4n) is 1.81. The molecule has 1 heterocycles. The van der Waals surface area contributed by atoms with E-state index in [9.17, 15) is 4.39 Å². The van der Waals surface area contributed by atoms with E-state index in [1.165, 1.54) is 17.4 Å². The van der Waals surface area contributed by atoms with Gasteiger partial charge in [0.05, 0.1) is 20.9 Å². The highest BCUT2D eigenvalue weighted by atomic mass is 35.5. The molecule has 2 nitrogen and oxygen atoms in total. The standard InChI is InChI=1S/C14H10ClFN2S/c1-8-5-6-12-11(7-8)18-14(19-12)17-10-4-2-3-9(15)13(10)16/h2-7H,1H3,(H,17,18). The van der Waals surface area contributed by atoms with Crippen LogP contribution in [0.25, 0.3) is 10.2 Å². The minimum atomic E-state index is -0.459. The minimum Gasteiger partial charge on any atom is -0.329 e. The van der Waals surface area contributed by atoms with E-state index in [1.54, 1.807) is 12.1 Å². The molecule has 1 N–H and O–H groups in total. The number of anilines is 2. The quantitative estimate of drug-likeness (QED) is 0.707. The lowest BCUT2D eigenvalue weighted by Crippen LogP contribution is -1.93. The van der Waals surface area contributed by atoms with Crippen molar-refractivity contribution >= 4 is 44.0 Å². The van der Waals surface area contributed by atoms with Gasteiger partial charge in [-0.15, -0.1) is 0 Å². The van der Waals surface area contributed by atoms with Crippen molar-refractivity contribution in [2.45, 2.75) is 6.92 Å². The summed E-state index contributed by atoms with van der Waals surface area (Å²) in [7, 11) is 0. The molecule has 0 saturated carbocycles. The van der Waals surface area contributed by atoms with Crippen molar-refractivity contribution in [3.63, 3.8) is 0 Å². The molecule has 2 aromatic carbocycles. The highest BCUT2D eigenvalue weighted by Gasteiger charge is 2.09. The molecule has 0 fully saturated rings. The highest BCUT2D eigenvalue weighted by molar-refractivity contribution is 7.22. The van der Waals surface area contributed by atoms with Crippen LogP contribution in [0.2, 0.25) is 5.02 Å². The van der Waals surface area contributed by atoms with E-state index in [-0.39, 0.29) is 5.02 Å². The van der Waals surface area contributed by atoms with Crippen molar-refractivity contribution in [1.82, 2.24) is 4.98 Å². The van der Waals surface area contributed by atoms with Crippen molar-refractivity contribution in [3.05, 3.63) is 52.8 Å². The average Bonchev–Trinajstić information content (AvgIpc) is 2.76. The Labute approximate surface area is 118 Å². The second-order valence-electron chi connectivity index (χ2n) is 4.22. The number of benzene rings is 2. The van der Waals surface area contributed by atoms with Gasteiger partial charge in [0.2, 0.25) is 0 Å². The van der Waals surface area contributed by atoms with E-state index in [2.05, 4.69) is 10.3 Å². The van der Waals surface area contributed by atoms with E-state index in [0.29, 0.717) is 10.8 Å². The molecule has 0 amide bonds. The third-order valence-corrected chi connectivity index (χ3v) is 3.98. The summed E-state index contributed by atoms with van der Waals surface area (Å²) in [5.74, 6) is -0.459. The Bertz CT molecular complexity index is 754. The molecule has 5 heteroatoms. The first-order valence-electron chi connectivity index (χ1n) is 5.72. The zero-order valence-corrected chi connectivity index (χ0v) is 11.6. The van der Waals surface area contributed by atoms with E-state index in [0.717, 1.165) is 15.8 Å². The lowest BCUT2D eigenvalue weighted by Gasteiger charge is -2.04. The van der Waals surface area contributed by atoms with E-state index < -0.39 is 5.82 Å². The molecule has 0 spiro atoms. The number of nitrogens with one attached hydrogen (secondary N) is 1. The van der Waals surface area contributed by atoms with Crippen molar-refractivity contribution in [2.75, 3.05) is 5.32 Å². The molecule has 19 heavy (non-hydrogen) atoms. The molecule has 0 aliphatic carbocycles. The predicted molar refractivity (Wildman–Crippen MR) is 79.0 cm³/mol. The Morgan fingerprint density at radius 1 is 1.26 bits per heavy atom. The van der Waals surface area contributed by atoms with Gasteiger partial charge >= 0.3 is 0 Å². The molecule has 0 unspecified atom stereocenters. The molecule has 96 valence electrons. The molecular formula is C14H10ClFN2S. The van der Waals surface area contributed by atoms with Gasteiger partial charge in [0.1, 0.15) is 0 Å². The number of hydrogen-bond donors (Lipinski definition) is 1. The van der Waals surface area contributed by atoms with Crippen LogP contribution in [0.3, 0.4) is 0 Å². The smallest absolute Gasteiger partial charge is 0.188 e. The van der Waals surface area contributed by atoms with E-state index in [1.807, 2.05) is 25.1 Å². The van der Waals surface area contributed by atoms with Gasteiger partial charge in [-0.2, -0.15) is 0 Å². The number of thiazole rings is 1. The zero-order chi connectivity index (χ0) is 13.4. The minimum absolute atomic E-state index is 0.0990. The van der Waals surface area contributed by atoms with Crippen molar-refractivity contribution in [1.29, 1.82) is 0 Å². The van der Waals surface area contributed by atoms with Crippen LogP contribution in [-0.2, 0) is 0 Å². The maximum absolute atomic E-state index is 13.8. The molecule has 0 radical (unpaired) electrons. The molecule has 3 aromatic rings. The van der Waals surface area contributed by atoms with Crippen LogP contribution in [0.1, 0.15) is 5.56 Å². The Morgan fingerprint density at radius 3 is 2.95 bits per heavy atom. The zero-order valence-electron chi connectivity index (χ0n) is 10.1. The highest BCUT2D eigenvalue weighted by Crippen LogP contribution is 2.31. The van der Waals surface area contributed by atoms with Gasteiger partial charge in [-0.3, -0.25) is 0 Å². The summed E-state index contributed by atoms with van der Waals surface area (Å²) in [6.45, 7) is 2.02. The summed E-state index contributed by atoms with van der Waals surface area (Å²) in [4.78, 5) is 4.44. The van der Waals surface area contributed by atoms with Crippen LogP contribution < -0.4 is 5.32 Å². The van der Waals surface area contributed by atoms with E-state index >= 15 is 0 Å². The van der Waals surface area contributed by atoms with Crippen LogP contribution >= 0.6 is 22.9 Å². The maximum Gasteiger partial charge on any atom is 0.188 e. The normalized spacial score (nSPS) is 10.9. The van der Waals surface area contributed by atoms with Crippen LogP contribution in [0.5, 0.6) is 0 Å². The number of hydrogen-bond acceptors (Lipinski definition) is 3. The summed E-state index contributed by atoms with van der Waals surface area (Å²) in [6.07, 6.45) is 0. The first kappa shape index (κ1) is 12.4. The van der Waals surface area contributed by atoms with Crippen LogP contribution in [-0.4, -0.2) is 4.98 Å². The van der Waals surface area contributed by atoms with Crippen LogP contribution in [0, 0.1) is 12.7 Å². The lowest BCUT2D eigenvalue weighted by atomic mass is 10.2. The fraction of sp³-hybridized carbons (Fsp3) is 0.0714. The second-order valence-corrected chi connectivity index (χ2v) is 5.65. The summed E-state index contributed by atoms with van der Waals surface area (Å²) in [5.41, 5.74) is 2.40. The topological polar surface area (TPSA) is 24.9 Å². The molecular weight excluding hydrogens is 283 g/mol. The SMILES string of the molecule is Cc1ccc2sc(Nc3cccc(Cl)c3F)nc2c1. The first-order chi connectivity index (χ1) is 9.13. The third-order valence-electron chi connectivity index (χ3n) is 2.74.